The van der Waals surface area contributed by atoms with E-state index in [9.17, 15) is 9.59 Å². The normalized spacial score (nSPS) is 38.6. The first-order valence-electron chi connectivity index (χ1n) is 4.84. The number of amides is 1. The maximum Gasteiger partial charge on any atom is 0.331 e. The molecule has 0 aliphatic carbocycles. The Morgan fingerprint density at radius 1 is 1.65 bits per heavy atom. The van der Waals surface area contributed by atoms with Gasteiger partial charge in [-0.2, -0.15) is 0 Å². The van der Waals surface area contributed by atoms with E-state index in [2.05, 4.69) is 15.9 Å². The van der Waals surface area contributed by atoms with Gasteiger partial charge in [0.05, 0.1) is 0 Å². The molecule has 0 aromatic carbocycles. The Hall–Kier alpha value is 0.350. The number of ether oxygens (including phenoxy) is 1. The van der Waals surface area contributed by atoms with Crippen molar-refractivity contribution in [2.75, 3.05) is 6.07 Å². The van der Waals surface area contributed by atoms with Gasteiger partial charge >= 0.3 is 5.97 Å². The van der Waals surface area contributed by atoms with Gasteiger partial charge in [0, 0.05) is 4.75 Å². The van der Waals surface area contributed by atoms with Crippen LogP contribution >= 0.6 is 50.9 Å². The Kier molecular flexibility index (Phi) is 3.39. The fraction of sp³-hybridized carbons (Fsp3) is 0.778. The van der Waals surface area contributed by atoms with Crippen molar-refractivity contribution in [1.29, 1.82) is 0 Å². The minimum absolute atomic E-state index is 0.219. The standard InChI is InChI=1S/C9H10BrCl2NO3S/c1-8(2)4(5(14)16-3-11)13-6(15)9(10,12)7(13)17-8/h4,7H,3H2,1-2H3/t4-,7+,9+/m0/s1. The molecular formula is C9H10BrCl2NO3S. The Balaban J connectivity index is 2.28. The molecule has 1 amide bonds. The SMILES string of the molecule is CC1(C)S[C@H]2N(C(=O)[C@]2(Cl)Br)[C@H]1C(=O)OCCl. The molecular weight excluding hydrogens is 353 g/mol. The van der Waals surface area contributed by atoms with Gasteiger partial charge < -0.3 is 9.64 Å². The van der Waals surface area contributed by atoms with Crippen molar-refractivity contribution in [1.82, 2.24) is 4.90 Å². The summed E-state index contributed by atoms with van der Waals surface area (Å²) in [4.78, 5) is 25.2. The van der Waals surface area contributed by atoms with Crippen LogP contribution in [0.2, 0.25) is 0 Å². The average Bonchev–Trinajstić information content (AvgIpc) is 2.48. The number of hydrogen-bond acceptors (Lipinski definition) is 4. The lowest BCUT2D eigenvalue weighted by atomic mass is 9.98. The van der Waals surface area contributed by atoms with Gasteiger partial charge in [0.25, 0.3) is 5.91 Å². The summed E-state index contributed by atoms with van der Waals surface area (Å²) in [6.07, 6.45) is 0. The van der Waals surface area contributed by atoms with E-state index in [0.717, 1.165) is 0 Å². The van der Waals surface area contributed by atoms with Gasteiger partial charge in [0.15, 0.2) is 6.07 Å². The molecule has 0 saturated carbocycles. The van der Waals surface area contributed by atoms with Crippen LogP contribution in [0.3, 0.4) is 0 Å². The summed E-state index contributed by atoms with van der Waals surface area (Å²) in [6, 6.07) is -0.864. The summed E-state index contributed by atoms with van der Waals surface area (Å²) in [5.74, 6) is -0.799. The van der Waals surface area contributed by atoms with E-state index >= 15 is 0 Å². The second-order valence-corrected chi connectivity index (χ2v) is 8.64. The van der Waals surface area contributed by atoms with Crippen LogP contribution in [-0.2, 0) is 14.3 Å². The fourth-order valence-electron chi connectivity index (χ4n) is 2.09. The maximum absolute atomic E-state index is 11.9. The summed E-state index contributed by atoms with van der Waals surface area (Å²) < 4.78 is 3.23. The second-order valence-electron chi connectivity index (χ2n) is 4.38. The van der Waals surface area contributed by atoms with Gasteiger partial charge in [0.1, 0.15) is 11.4 Å². The van der Waals surface area contributed by atoms with Crippen molar-refractivity contribution >= 4 is 62.8 Å². The van der Waals surface area contributed by atoms with Crippen LogP contribution in [0.4, 0.5) is 0 Å². The molecule has 17 heavy (non-hydrogen) atoms. The molecule has 2 aliphatic rings. The first kappa shape index (κ1) is 13.8. The van der Waals surface area contributed by atoms with E-state index in [1.807, 2.05) is 13.8 Å². The van der Waals surface area contributed by atoms with Gasteiger partial charge in [-0.05, 0) is 13.8 Å². The van der Waals surface area contributed by atoms with Gasteiger partial charge in [-0.25, -0.2) is 4.79 Å². The fourth-order valence-corrected chi connectivity index (χ4v) is 4.74. The number of β-lactam (4-membered cyclic amide) rings is 1. The minimum Gasteiger partial charge on any atom is -0.448 e. The van der Waals surface area contributed by atoms with E-state index in [0.29, 0.717) is 0 Å². The Bertz CT molecular complexity index is 390. The lowest BCUT2D eigenvalue weighted by Gasteiger charge is -2.46. The van der Waals surface area contributed by atoms with Crippen LogP contribution < -0.4 is 0 Å². The molecule has 0 spiro atoms. The number of carbonyl (C=O) groups excluding carboxylic acids is 2. The third-order valence-electron chi connectivity index (χ3n) is 2.85. The molecule has 2 aliphatic heterocycles. The molecule has 0 aromatic heterocycles. The predicted octanol–water partition coefficient (Wildman–Crippen LogP) is 2.12. The topological polar surface area (TPSA) is 46.6 Å². The number of alkyl halides is 3. The molecule has 8 heteroatoms. The van der Waals surface area contributed by atoms with E-state index in [1.54, 1.807) is 0 Å². The van der Waals surface area contributed by atoms with Gasteiger partial charge in [-0.1, -0.05) is 39.1 Å². The summed E-state index contributed by atoms with van der Waals surface area (Å²) in [7, 11) is 0. The first-order chi connectivity index (χ1) is 7.73. The van der Waals surface area contributed by atoms with E-state index in [1.165, 1.54) is 16.7 Å². The number of hydrogen-bond donors (Lipinski definition) is 0. The lowest BCUT2D eigenvalue weighted by molar-refractivity contribution is -0.160. The van der Waals surface area contributed by atoms with Gasteiger partial charge in [-0.15, -0.1) is 11.8 Å². The summed E-state index contributed by atoms with van der Waals surface area (Å²) >= 11 is 16.1. The number of carbonyl (C=O) groups is 2. The minimum atomic E-state index is -1.11. The molecule has 0 aromatic rings. The number of esters is 1. The Labute approximate surface area is 121 Å². The van der Waals surface area contributed by atoms with Crippen molar-refractivity contribution in [2.24, 2.45) is 0 Å². The number of halogens is 3. The molecule has 2 fully saturated rings. The van der Waals surface area contributed by atoms with Crippen LogP contribution in [-0.4, -0.2) is 42.8 Å². The third-order valence-corrected chi connectivity index (χ3v) is 6.17. The molecule has 2 saturated heterocycles. The largest absolute Gasteiger partial charge is 0.448 e. The molecule has 2 rings (SSSR count). The quantitative estimate of drug-likeness (QED) is 0.429. The average molecular weight is 363 g/mol. The van der Waals surface area contributed by atoms with Gasteiger partial charge in [-0.3, -0.25) is 4.79 Å². The van der Waals surface area contributed by atoms with Crippen molar-refractivity contribution in [3.63, 3.8) is 0 Å². The van der Waals surface area contributed by atoms with Crippen molar-refractivity contribution < 1.29 is 14.3 Å². The monoisotopic (exact) mass is 361 g/mol. The number of nitrogens with zero attached hydrogens (tertiary/aromatic N) is 1. The van der Waals surface area contributed by atoms with E-state index in [4.69, 9.17) is 27.9 Å². The van der Waals surface area contributed by atoms with Crippen LogP contribution in [0.25, 0.3) is 0 Å². The highest BCUT2D eigenvalue weighted by Gasteiger charge is 2.70. The maximum atomic E-state index is 11.9. The van der Waals surface area contributed by atoms with Crippen molar-refractivity contribution in [2.45, 2.75) is 33.8 Å². The van der Waals surface area contributed by atoms with Crippen LogP contribution in [0, 0.1) is 0 Å². The Morgan fingerprint density at radius 3 is 2.76 bits per heavy atom. The molecule has 3 atom stereocenters. The first-order valence-corrected chi connectivity index (χ1v) is 7.43. The van der Waals surface area contributed by atoms with Crippen molar-refractivity contribution in [3.8, 4) is 0 Å². The molecule has 2 heterocycles. The summed E-state index contributed by atoms with van der Waals surface area (Å²) in [5.41, 5.74) is 0. The van der Waals surface area contributed by atoms with E-state index < -0.39 is 20.5 Å². The molecule has 0 unspecified atom stereocenters. The smallest absolute Gasteiger partial charge is 0.331 e. The molecule has 96 valence electrons. The van der Waals surface area contributed by atoms with Crippen LogP contribution in [0.5, 0.6) is 0 Å². The molecule has 0 radical (unpaired) electrons. The number of thioether (sulfide) groups is 1. The molecule has 0 N–H and O–H groups in total. The Morgan fingerprint density at radius 2 is 2.24 bits per heavy atom. The highest BCUT2D eigenvalue weighted by molar-refractivity contribution is 9.11. The molecule has 0 bridgehead atoms. The van der Waals surface area contributed by atoms with Crippen LogP contribution in [0.15, 0.2) is 0 Å². The van der Waals surface area contributed by atoms with Gasteiger partial charge in [0.2, 0.25) is 3.78 Å². The van der Waals surface area contributed by atoms with Crippen molar-refractivity contribution in [3.05, 3.63) is 0 Å². The second kappa shape index (κ2) is 4.18. The zero-order valence-electron chi connectivity index (χ0n) is 9.08. The predicted molar refractivity (Wildman–Crippen MR) is 70.4 cm³/mol. The highest BCUT2D eigenvalue weighted by atomic mass is 79.9. The lowest BCUT2D eigenvalue weighted by Crippen LogP contribution is -2.68. The van der Waals surface area contributed by atoms with Crippen LogP contribution in [0.1, 0.15) is 13.8 Å². The number of fused-ring (bicyclic) bond motifs is 1. The number of rotatable bonds is 2. The zero-order chi connectivity index (χ0) is 13.0. The summed E-state index contributed by atoms with van der Waals surface area (Å²) in [5, 5.41) is -0.264. The highest BCUT2D eigenvalue weighted by Crippen LogP contribution is 2.59. The summed E-state index contributed by atoms with van der Waals surface area (Å²) in [6.45, 7) is 3.76. The third kappa shape index (κ3) is 1.88. The molecule has 4 nitrogen and oxygen atoms in total. The van der Waals surface area contributed by atoms with E-state index in [-0.39, 0.29) is 17.3 Å². The zero-order valence-corrected chi connectivity index (χ0v) is 13.0.